The topological polar surface area (TPSA) is 106 Å². The third-order valence-corrected chi connectivity index (χ3v) is 6.94. The monoisotopic (exact) mass is 451 g/mol. The lowest BCUT2D eigenvalue weighted by molar-refractivity contribution is -0.181. The van der Waals surface area contributed by atoms with Crippen molar-refractivity contribution < 1.29 is 19.7 Å². The lowest BCUT2D eigenvalue weighted by atomic mass is 9.80. The van der Waals surface area contributed by atoms with Crippen molar-refractivity contribution in [2.45, 2.75) is 56.8 Å². The average Bonchev–Trinajstić information content (AvgIpc) is 3.39. The van der Waals surface area contributed by atoms with Gasteiger partial charge in [-0.05, 0) is 24.5 Å². The molecule has 4 N–H and O–H groups in total. The first kappa shape index (κ1) is 23.1. The summed E-state index contributed by atoms with van der Waals surface area (Å²) in [4.78, 5) is 15.2. The van der Waals surface area contributed by atoms with Crippen LogP contribution in [0.1, 0.15) is 49.7 Å². The van der Waals surface area contributed by atoms with Crippen LogP contribution < -0.4 is 5.32 Å². The number of carbonyl (C=O) groups excluding carboxylic acids is 1. The minimum atomic E-state index is -1.61. The van der Waals surface area contributed by atoms with E-state index in [-0.39, 0.29) is 23.7 Å². The zero-order valence-corrected chi connectivity index (χ0v) is 18.9. The van der Waals surface area contributed by atoms with Crippen molar-refractivity contribution in [3.63, 3.8) is 0 Å². The summed E-state index contributed by atoms with van der Waals surface area (Å²) in [6.07, 6.45) is 4.58. The molecule has 0 radical (unpaired) electrons. The third-order valence-electron chi connectivity index (χ3n) is 6.94. The molecular formula is C26H33N3O4. The number of ether oxygens (including phenoxy) is 1. The fraction of sp³-hybridized carbons (Fsp3) is 0.462. The lowest BCUT2D eigenvalue weighted by Gasteiger charge is -2.37. The van der Waals surface area contributed by atoms with Gasteiger partial charge in [0.25, 0.3) is 0 Å². The zero-order chi connectivity index (χ0) is 23.3. The number of piperidine rings is 1. The molecule has 0 aromatic heterocycles. The summed E-state index contributed by atoms with van der Waals surface area (Å²) in [5.74, 6) is -0.183. The minimum absolute atomic E-state index is 0.126. The first-order valence-electron chi connectivity index (χ1n) is 11.8. The van der Waals surface area contributed by atoms with E-state index in [4.69, 9.17) is 10.1 Å². The number of benzene rings is 2. The third kappa shape index (κ3) is 5.14. The molecule has 2 aromatic rings. The number of esters is 1. The van der Waals surface area contributed by atoms with E-state index in [0.717, 1.165) is 31.2 Å². The van der Waals surface area contributed by atoms with Crippen LogP contribution >= 0.6 is 0 Å². The molecule has 2 aromatic carbocycles. The number of rotatable bonds is 6. The number of phenolic OH excluding ortho intramolecular Hbond substituents is 1. The fourth-order valence-electron chi connectivity index (χ4n) is 4.95. The molecule has 7 heteroatoms. The molecule has 1 heterocycles. The molecule has 1 saturated carbocycles. The highest BCUT2D eigenvalue weighted by Gasteiger charge is 2.48. The van der Waals surface area contributed by atoms with Crippen LogP contribution in [0.4, 0.5) is 0 Å². The summed E-state index contributed by atoms with van der Waals surface area (Å²) < 4.78 is 5.86. The molecule has 2 aliphatic rings. The normalized spacial score (nSPS) is 19.1. The van der Waals surface area contributed by atoms with Crippen LogP contribution in [0.2, 0.25) is 0 Å². The number of hydrogen-bond donors (Lipinski definition) is 4. The summed E-state index contributed by atoms with van der Waals surface area (Å²) in [6.45, 7) is 1.53. The SMILES string of the molecule is N=C(NCc1ccccc1O)N1CCC(OC(=O)[C@](O)(c2ccccc2)C2CCCC2)CC1. The molecule has 0 bridgehead atoms. The molecule has 176 valence electrons. The summed E-state index contributed by atoms with van der Waals surface area (Å²) in [6, 6.07) is 16.2. The Bertz CT molecular complexity index is 953. The Labute approximate surface area is 194 Å². The van der Waals surface area contributed by atoms with Crippen LogP contribution in [0.5, 0.6) is 5.75 Å². The van der Waals surface area contributed by atoms with Crippen LogP contribution in [0.3, 0.4) is 0 Å². The molecule has 33 heavy (non-hydrogen) atoms. The molecule has 0 unspecified atom stereocenters. The van der Waals surface area contributed by atoms with Crippen LogP contribution in [-0.2, 0) is 21.7 Å². The van der Waals surface area contributed by atoms with Gasteiger partial charge >= 0.3 is 5.97 Å². The van der Waals surface area contributed by atoms with E-state index in [1.807, 2.05) is 35.2 Å². The number of nitrogens with one attached hydrogen (secondary N) is 2. The highest BCUT2D eigenvalue weighted by Crippen LogP contribution is 2.42. The van der Waals surface area contributed by atoms with Gasteiger partial charge in [0.05, 0.1) is 0 Å². The van der Waals surface area contributed by atoms with Crippen molar-refractivity contribution >= 4 is 11.9 Å². The molecule has 1 aliphatic carbocycles. The average molecular weight is 452 g/mol. The summed E-state index contributed by atoms with van der Waals surface area (Å²) >= 11 is 0. The fourth-order valence-corrected chi connectivity index (χ4v) is 4.95. The van der Waals surface area contributed by atoms with Gasteiger partial charge < -0.3 is 25.2 Å². The summed E-state index contributed by atoms with van der Waals surface area (Å²) in [5, 5.41) is 32.8. The number of phenols is 1. The van der Waals surface area contributed by atoms with Gasteiger partial charge in [0, 0.05) is 44.0 Å². The van der Waals surface area contributed by atoms with E-state index in [9.17, 15) is 15.0 Å². The Hall–Kier alpha value is -3.06. The number of guanidine groups is 1. The predicted octanol–water partition coefficient (Wildman–Crippen LogP) is 3.50. The van der Waals surface area contributed by atoms with Crippen molar-refractivity contribution in [3.05, 3.63) is 65.7 Å². The van der Waals surface area contributed by atoms with E-state index in [1.54, 1.807) is 24.3 Å². The highest BCUT2D eigenvalue weighted by atomic mass is 16.6. The van der Waals surface area contributed by atoms with E-state index in [1.165, 1.54) is 0 Å². The molecule has 7 nitrogen and oxygen atoms in total. The molecule has 0 amide bonds. The number of para-hydroxylation sites is 1. The van der Waals surface area contributed by atoms with E-state index < -0.39 is 11.6 Å². The van der Waals surface area contributed by atoms with Crippen molar-refractivity contribution in [1.82, 2.24) is 10.2 Å². The standard InChI is InChI=1S/C26H33N3O4/c27-25(28-18-19-8-4-7-13-23(19)30)29-16-14-22(15-17-29)33-24(31)26(32,21-11-5-6-12-21)20-9-2-1-3-10-20/h1-4,7-10,13,21-22,30,32H,5-6,11-12,14-18H2,(H2,27,28)/t26-/m0/s1. The predicted molar refractivity (Wildman–Crippen MR) is 126 cm³/mol. The van der Waals surface area contributed by atoms with Crippen LogP contribution in [-0.4, -0.2) is 46.2 Å². The number of aromatic hydroxyl groups is 1. The Kier molecular flexibility index (Phi) is 7.18. The van der Waals surface area contributed by atoms with Crippen LogP contribution in [0.15, 0.2) is 54.6 Å². The number of aliphatic hydroxyl groups is 1. The summed E-state index contributed by atoms with van der Waals surface area (Å²) in [7, 11) is 0. The van der Waals surface area contributed by atoms with Crippen LogP contribution in [0, 0.1) is 11.3 Å². The summed E-state index contributed by atoms with van der Waals surface area (Å²) in [5.41, 5.74) is -0.270. The maximum absolute atomic E-state index is 13.3. The Morgan fingerprint density at radius 3 is 2.33 bits per heavy atom. The van der Waals surface area contributed by atoms with E-state index >= 15 is 0 Å². The van der Waals surface area contributed by atoms with Gasteiger partial charge in [-0.3, -0.25) is 5.41 Å². The van der Waals surface area contributed by atoms with Crippen molar-refractivity contribution in [1.29, 1.82) is 5.41 Å². The Morgan fingerprint density at radius 1 is 1.03 bits per heavy atom. The molecule has 0 spiro atoms. The van der Waals surface area contributed by atoms with Gasteiger partial charge in [0.15, 0.2) is 11.6 Å². The minimum Gasteiger partial charge on any atom is -0.508 e. The van der Waals surface area contributed by atoms with Crippen molar-refractivity contribution in [2.24, 2.45) is 5.92 Å². The Morgan fingerprint density at radius 2 is 1.67 bits per heavy atom. The zero-order valence-electron chi connectivity index (χ0n) is 18.9. The van der Waals surface area contributed by atoms with Gasteiger partial charge in [0.2, 0.25) is 0 Å². The number of likely N-dealkylation sites (tertiary alicyclic amines) is 1. The maximum atomic E-state index is 13.3. The molecule has 1 aliphatic heterocycles. The van der Waals surface area contributed by atoms with Gasteiger partial charge in [-0.1, -0.05) is 61.4 Å². The quantitative estimate of drug-likeness (QED) is 0.304. The first-order chi connectivity index (χ1) is 16.0. The molecule has 4 rings (SSSR count). The molecular weight excluding hydrogens is 418 g/mol. The second-order valence-electron chi connectivity index (χ2n) is 9.04. The maximum Gasteiger partial charge on any atom is 0.343 e. The number of nitrogens with zero attached hydrogens (tertiary/aromatic N) is 1. The van der Waals surface area contributed by atoms with Crippen molar-refractivity contribution in [3.8, 4) is 5.75 Å². The largest absolute Gasteiger partial charge is 0.508 e. The molecule has 1 saturated heterocycles. The highest BCUT2D eigenvalue weighted by molar-refractivity contribution is 5.82. The second kappa shape index (κ2) is 10.3. The lowest BCUT2D eigenvalue weighted by Crippen LogP contribution is -2.49. The van der Waals surface area contributed by atoms with Gasteiger partial charge in [0.1, 0.15) is 11.9 Å². The molecule has 1 atom stereocenters. The number of hydrogen-bond acceptors (Lipinski definition) is 5. The smallest absolute Gasteiger partial charge is 0.343 e. The number of carbonyl (C=O) groups is 1. The Balaban J connectivity index is 1.32. The first-order valence-corrected chi connectivity index (χ1v) is 11.8. The van der Waals surface area contributed by atoms with Crippen LogP contribution in [0.25, 0.3) is 0 Å². The van der Waals surface area contributed by atoms with Gasteiger partial charge in [-0.15, -0.1) is 0 Å². The molecule has 2 fully saturated rings. The van der Waals surface area contributed by atoms with E-state index in [0.29, 0.717) is 38.0 Å². The van der Waals surface area contributed by atoms with Crippen molar-refractivity contribution in [2.75, 3.05) is 13.1 Å². The van der Waals surface area contributed by atoms with E-state index in [2.05, 4.69) is 5.32 Å². The second-order valence-corrected chi connectivity index (χ2v) is 9.04. The van der Waals surface area contributed by atoms with Gasteiger partial charge in [-0.25, -0.2) is 4.79 Å². The van der Waals surface area contributed by atoms with Gasteiger partial charge in [-0.2, -0.15) is 0 Å².